The van der Waals surface area contributed by atoms with Crippen LogP contribution in [-0.2, 0) is 22.4 Å². The molecule has 1 saturated heterocycles. The second-order valence-electron chi connectivity index (χ2n) is 5.75. The Hall–Kier alpha value is -1.01. The van der Waals surface area contributed by atoms with Crippen molar-refractivity contribution < 1.29 is 14.3 Å². The summed E-state index contributed by atoms with van der Waals surface area (Å²) in [4.78, 5) is 28.5. The SMILES string of the molecule is COC(=O)[C@@H]1CN(C(=O)c2cc3c(s2)CCCCC3)CCS1. The highest BCUT2D eigenvalue weighted by atomic mass is 32.2. The molecule has 0 radical (unpaired) electrons. The molecule has 6 heteroatoms. The van der Waals surface area contributed by atoms with Crippen LogP contribution >= 0.6 is 23.1 Å². The van der Waals surface area contributed by atoms with Crippen LogP contribution in [0.5, 0.6) is 0 Å². The van der Waals surface area contributed by atoms with Crippen LogP contribution in [0.15, 0.2) is 6.07 Å². The number of hydrogen-bond donors (Lipinski definition) is 0. The molecule has 0 spiro atoms. The van der Waals surface area contributed by atoms with Gasteiger partial charge >= 0.3 is 5.97 Å². The number of fused-ring (bicyclic) bond motifs is 1. The quantitative estimate of drug-likeness (QED) is 0.614. The Labute approximate surface area is 139 Å². The zero-order valence-electron chi connectivity index (χ0n) is 12.8. The summed E-state index contributed by atoms with van der Waals surface area (Å²) in [6.45, 7) is 1.16. The van der Waals surface area contributed by atoms with Crippen LogP contribution in [-0.4, -0.2) is 48.0 Å². The van der Waals surface area contributed by atoms with Crippen molar-refractivity contribution in [3.05, 3.63) is 21.4 Å². The van der Waals surface area contributed by atoms with E-state index in [0.29, 0.717) is 13.1 Å². The lowest BCUT2D eigenvalue weighted by atomic mass is 10.1. The monoisotopic (exact) mass is 339 g/mol. The van der Waals surface area contributed by atoms with Gasteiger partial charge < -0.3 is 9.64 Å². The van der Waals surface area contributed by atoms with Gasteiger partial charge in [-0.2, -0.15) is 0 Å². The highest BCUT2D eigenvalue weighted by molar-refractivity contribution is 8.00. The lowest BCUT2D eigenvalue weighted by molar-refractivity contribution is -0.140. The van der Waals surface area contributed by atoms with Gasteiger partial charge in [-0.25, -0.2) is 0 Å². The summed E-state index contributed by atoms with van der Waals surface area (Å²) >= 11 is 3.23. The molecule has 0 saturated carbocycles. The van der Waals surface area contributed by atoms with E-state index < -0.39 is 0 Å². The molecule has 1 aliphatic heterocycles. The van der Waals surface area contributed by atoms with Crippen molar-refractivity contribution in [2.24, 2.45) is 0 Å². The fraction of sp³-hybridized carbons (Fsp3) is 0.625. The molecular weight excluding hydrogens is 318 g/mol. The van der Waals surface area contributed by atoms with Crippen molar-refractivity contribution in [2.75, 3.05) is 26.0 Å². The van der Waals surface area contributed by atoms with Crippen LogP contribution in [0.25, 0.3) is 0 Å². The number of hydrogen-bond acceptors (Lipinski definition) is 5. The molecule has 120 valence electrons. The van der Waals surface area contributed by atoms with Crippen LogP contribution in [0.2, 0.25) is 0 Å². The molecule has 0 aromatic carbocycles. The third kappa shape index (κ3) is 3.33. The summed E-state index contributed by atoms with van der Waals surface area (Å²) in [7, 11) is 1.40. The van der Waals surface area contributed by atoms with Gasteiger partial charge in [0.2, 0.25) is 0 Å². The minimum Gasteiger partial charge on any atom is -0.468 e. The minimum absolute atomic E-state index is 0.0762. The Kier molecular flexibility index (Phi) is 5.08. The maximum atomic E-state index is 12.7. The van der Waals surface area contributed by atoms with E-state index in [2.05, 4.69) is 6.07 Å². The number of ether oxygens (including phenoxy) is 1. The van der Waals surface area contributed by atoms with Gasteiger partial charge in [-0.05, 0) is 37.3 Å². The Morgan fingerprint density at radius 2 is 2.09 bits per heavy atom. The fourth-order valence-electron chi connectivity index (χ4n) is 3.04. The maximum Gasteiger partial charge on any atom is 0.320 e. The average Bonchev–Trinajstić information content (AvgIpc) is 2.84. The highest BCUT2D eigenvalue weighted by Gasteiger charge is 2.31. The van der Waals surface area contributed by atoms with Gasteiger partial charge in [0.15, 0.2) is 0 Å². The zero-order valence-corrected chi connectivity index (χ0v) is 14.4. The normalized spacial score (nSPS) is 21.9. The first-order valence-electron chi connectivity index (χ1n) is 7.79. The molecule has 22 heavy (non-hydrogen) atoms. The third-order valence-electron chi connectivity index (χ3n) is 4.28. The lowest BCUT2D eigenvalue weighted by Gasteiger charge is -2.30. The number of carbonyl (C=O) groups is 2. The van der Waals surface area contributed by atoms with E-state index in [9.17, 15) is 9.59 Å². The molecule has 1 aromatic rings. The largest absolute Gasteiger partial charge is 0.468 e. The predicted molar refractivity (Wildman–Crippen MR) is 89.7 cm³/mol. The van der Waals surface area contributed by atoms with Crippen molar-refractivity contribution >= 4 is 35.0 Å². The van der Waals surface area contributed by atoms with Crippen LogP contribution < -0.4 is 0 Å². The fourth-order valence-corrected chi connectivity index (χ4v) is 5.39. The molecule has 3 rings (SSSR count). The molecule has 2 heterocycles. The Morgan fingerprint density at radius 3 is 2.91 bits per heavy atom. The topological polar surface area (TPSA) is 46.6 Å². The van der Waals surface area contributed by atoms with E-state index in [4.69, 9.17) is 4.74 Å². The number of thioether (sulfide) groups is 1. The zero-order chi connectivity index (χ0) is 15.5. The first-order valence-corrected chi connectivity index (χ1v) is 9.66. The van der Waals surface area contributed by atoms with Crippen molar-refractivity contribution in [3.63, 3.8) is 0 Å². The van der Waals surface area contributed by atoms with Gasteiger partial charge in [-0.15, -0.1) is 23.1 Å². The average molecular weight is 339 g/mol. The second-order valence-corrected chi connectivity index (χ2v) is 8.20. The van der Waals surface area contributed by atoms with Gasteiger partial charge in [0.25, 0.3) is 5.91 Å². The molecule has 1 atom stereocenters. The number of aryl methyl sites for hydroxylation is 2. The van der Waals surface area contributed by atoms with E-state index in [1.807, 2.05) is 4.90 Å². The molecule has 1 aromatic heterocycles. The van der Waals surface area contributed by atoms with Crippen molar-refractivity contribution in [1.82, 2.24) is 4.90 Å². The second kappa shape index (κ2) is 7.04. The molecule has 1 fully saturated rings. The third-order valence-corrected chi connectivity index (χ3v) is 6.66. The first-order chi connectivity index (χ1) is 10.7. The number of esters is 1. The number of rotatable bonds is 2. The van der Waals surface area contributed by atoms with Crippen molar-refractivity contribution in [2.45, 2.75) is 37.4 Å². The summed E-state index contributed by atoms with van der Waals surface area (Å²) in [5, 5.41) is -0.250. The standard InChI is InChI=1S/C16H21NO3S2/c1-20-16(19)14-10-17(7-8-21-14)15(18)13-9-11-5-3-2-4-6-12(11)22-13/h9,14H,2-8,10H2,1H3/t14-/m0/s1. The number of nitrogens with zero attached hydrogens (tertiary/aromatic N) is 1. The lowest BCUT2D eigenvalue weighted by Crippen LogP contribution is -2.44. The van der Waals surface area contributed by atoms with Gasteiger partial charge in [0.05, 0.1) is 12.0 Å². The van der Waals surface area contributed by atoms with Crippen LogP contribution in [0.1, 0.15) is 39.4 Å². The molecular formula is C16H21NO3S2. The molecule has 1 aliphatic carbocycles. The Morgan fingerprint density at radius 1 is 1.27 bits per heavy atom. The van der Waals surface area contributed by atoms with E-state index in [-0.39, 0.29) is 17.1 Å². The van der Waals surface area contributed by atoms with Crippen LogP contribution in [0.3, 0.4) is 0 Å². The molecule has 1 amide bonds. The van der Waals surface area contributed by atoms with Gasteiger partial charge in [0.1, 0.15) is 5.25 Å². The maximum absolute atomic E-state index is 12.7. The Bertz CT molecular complexity index is 546. The van der Waals surface area contributed by atoms with Gasteiger partial charge in [0, 0.05) is 23.7 Å². The number of carbonyl (C=O) groups excluding carboxylic acids is 2. The van der Waals surface area contributed by atoms with E-state index in [1.165, 1.54) is 36.8 Å². The first kappa shape index (κ1) is 15.9. The predicted octanol–water partition coefficient (Wildman–Crippen LogP) is 2.75. The molecule has 2 aliphatic rings. The smallest absolute Gasteiger partial charge is 0.320 e. The summed E-state index contributed by atoms with van der Waals surface area (Å²) in [5.41, 5.74) is 1.36. The van der Waals surface area contributed by atoms with E-state index in [1.54, 1.807) is 23.1 Å². The molecule has 0 bridgehead atoms. The number of methoxy groups -OCH3 is 1. The van der Waals surface area contributed by atoms with Crippen LogP contribution in [0.4, 0.5) is 0 Å². The summed E-state index contributed by atoms with van der Waals surface area (Å²) < 4.78 is 4.81. The summed E-state index contributed by atoms with van der Waals surface area (Å²) in [6.07, 6.45) is 5.94. The molecule has 0 unspecified atom stereocenters. The minimum atomic E-state index is -0.250. The summed E-state index contributed by atoms with van der Waals surface area (Å²) in [5.74, 6) is 0.632. The van der Waals surface area contributed by atoms with E-state index in [0.717, 1.165) is 23.5 Å². The van der Waals surface area contributed by atoms with Gasteiger partial charge in [-0.3, -0.25) is 9.59 Å². The highest BCUT2D eigenvalue weighted by Crippen LogP contribution is 2.30. The Balaban J connectivity index is 1.72. The molecule has 4 nitrogen and oxygen atoms in total. The number of amides is 1. The van der Waals surface area contributed by atoms with E-state index >= 15 is 0 Å². The summed E-state index contributed by atoms with van der Waals surface area (Å²) in [6, 6.07) is 2.09. The molecule has 0 N–H and O–H groups in total. The number of thiophene rings is 1. The van der Waals surface area contributed by atoms with Crippen molar-refractivity contribution in [3.8, 4) is 0 Å². The van der Waals surface area contributed by atoms with Crippen molar-refractivity contribution in [1.29, 1.82) is 0 Å². The van der Waals surface area contributed by atoms with Gasteiger partial charge in [-0.1, -0.05) is 6.42 Å². The van der Waals surface area contributed by atoms with Crippen LogP contribution in [0, 0.1) is 0 Å².